The molecule has 18 heavy (non-hydrogen) atoms. The molecule has 9 heteroatoms. The van der Waals surface area contributed by atoms with E-state index in [-0.39, 0.29) is 23.1 Å². The Hall–Kier alpha value is -1.12. The standard InChI is InChI=1S/C9H15ClN4O3S/c1-14-6-12-9(8(14)10)18(16,17)13-5-3-2-4-7(11)15/h6,13H,2-5H2,1H3,(H2,11,15). The number of carbonyl (C=O) groups is 1. The van der Waals surface area contributed by atoms with Crippen LogP contribution in [-0.2, 0) is 21.9 Å². The number of hydrogen-bond acceptors (Lipinski definition) is 4. The van der Waals surface area contributed by atoms with E-state index in [0.29, 0.717) is 12.8 Å². The summed E-state index contributed by atoms with van der Waals surface area (Å²) in [6.07, 6.45) is 2.62. The zero-order chi connectivity index (χ0) is 13.8. The van der Waals surface area contributed by atoms with Crippen LogP contribution >= 0.6 is 11.6 Å². The van der Waals surface area contributed by atoms with E-state index in [1.807, 2.05) is 0 Å². The molecule has 0 radical (unpaired) electrons. The maximum atomic E-state index is 11.8. The van der Waals surface area contributed by atoms with E-state index in [0.717, 1.165) is 0 Å². The van der Waals surface area contributed by atoms with Crippen LogP contribution in [-0.4, -0.2) is 30.4 Å². The summed E-state index contributed by atoms with van der Waals surface area (Å²) in [6.45, 7) is 0.211. The number of aryl methyl sites for hydroxylation is 1. The predicted octanol–water partition coefficient (Wildman–Crippen LogP) is 0.00740. The number of sulfonamides is 1. The highest BCUT2D eigenvalue weighted by Crippen LogP contribution is 2.18. The van der Waals surface area contributed by atoms with Gasteiger partial charge in [0, 0.05) is 20.0 Å². The van der Waals surface area contributed by atoms with Gasteiger partial charge in [-0.15, -0.1) is 0 Å². The van der Waals surface area contributed by atoms with Gasteiger partial charge in [0.1, 0.15) is 5.15 Å². The molecule has 0 spiro atoms. The summed E-state index contributed by atoms with van der Waals surface area (Å²) in [5.74, 6) is -0.398. The molecule has 1 rings (SSSR count). The van der Waals surface area contributed by atoms with Gasteiger partial charge >= 0.3 is 0 Å². The van der Waals surface area contributed by atoms with Crippen LogP contribution < -0.4 is 10.5 Å². The van der Waals surface area contributed by atoms with E-state index < -0.39 is 15.9 Å². The molecule has 0 atom stereocenters. The highest BCUT2D eigenvalue weighted by Gasteiger charge is 2.21. The zero-order valence-electron chi connectivity index (χ0n) is 9.89. The number of nitrogens with one attached hydrogen (secondary N) is 1. The first-order valence-electron chi connectivity index (χ1n) is 5.29. The van der Waals surface area contributed by atoms with Gasteiger partial charge in [0.25, 0.3) is 10.0 Å². The normalized spacial score (nSPS) is 11.7. The third-order valence-corrected chi connectivity index (χ3v) is 4.18. The molecule has 1 aromatic heterocycles. The molecule has 0 bridgehead atoms. The molecule has 0 fully saturated rings. The second-order valence-electron chi connectivity index (χ2n) is 3.77. The lowest BCUT2D eigenvalue weighted by atomic mass is 10.2. The van der Waals surface area contributed by atoms with Gasteiger partial charge in [0.2, 0.25) is 10.9 Å². The van der Waals surface area contributed by atoms with Gasteiger partial charge in [-0.25, -0.2) is 18.1 Å². The van der Waals surface area contributed by atoms with E-state index in [1.165, 1.54) is 10.9 Å². The number of rotatable bonds is 7. The molecule has 102 valence electrons. The molecule has 0 aliphatic rings. The quantitative estimate of drug-likeness (QED) is 0.691. The first kappa shape index (κ1) is 14.9. The summed E-state index contributed by atoms with van der Waals surface area (Å²) in [7, 11) is -2.10. The Kier molecular flexibility index (Phi) is 5.12. The van der Waals surface area contributed by atoms with Crippen LogP contribution in [0.3, 0.4) is 0 Å². The van der Waals surface area contributed by atoms with E-state index in [1.54, 1.807) is 7.05 Å². The molecule has 0 unspecified atom stereocenters. The first-order chi connectivity index (χ1) is 8.34. The minimum absolute atomic E-state index is 0.0552. The zero-order valence-corrected chi connectivity index (χ0v) is 11.5. The van der Waals surface area contributed by atoms with Gasteiger partial charge in [-0.05, 0) is 12.8 Å². The Morgan fingerprint density at radius 3 is 2.72 bits per heavy atom. The fourth-order valence-electron chi connectivity index (χ4n) is 1.27. The van der Waals surface area contributed by atoms with Crippen molar-refractivity contribution in [1.29, 1.82) is 0 Å². The van der Waals surface area contributed by atoms with Crippen molar-refractivity contribution in [2.75, 3.05) is 6.54 Å². The number of carbonyl (C=O) groups excluding carboxylic acids is 1. The van der Waals surface area contributed by atoms with Crippen molar-refractivity contribution in [3.63, 3.8) is 0 Å². The number of hydrogen-bond donors (Lipinski definition) is 2. The lowest BCUT2D eigenvalue weighted by molar-refractivity contribution is -0.118. The number of halogens is 1. The molecule has 0 aliphatic heterocycles. The van der Waals surface area contributed by atoms with Gasteiger partial charge < -0.3 is 10.3 Å². The fraction of sp³-hybridized carbons (Fsp3) is 0.556. The van der Waals surface area contributed by atoms with Crippen molar-refractivity contribution in [2.24, 2.45) is 12.8 Å². The molecular formula is C9H15ClN4O3S. The summed E-state index contributed by atoms with van der Waals surface area (Å²) in [6, 6.07) is 0. The van der Waals surface area contributed by atoms with Crippen molar-refractivity contribution < 1.29 is 13.2 Å². The van der Waals surface area contributed by atoms with E-state index in [4.69, 9.17) is 17.3 Å². The Morgan fingerprint density at radius 2 is 2.22 bits per heavy atom. The summed E-state index contributed by atoms with van der Waals surface area (Å²) in [4.78, 5) is 14.2. The molecule has 1 heterocycles. The molecule has 1 amide bonds. The molecule has 0 saturated carbocycles. The van der Waals surface area contributed by atoms with Crippen LogP contribution in [0.2, 0.25) is 5.15 Å². The molecule has 1 aromatic rings. The number of unbranched alkanes of at least 4 members (excludes halogenated alkanes) is 1. The average Bonchev–Trinajstić information content (AvgIpc) is 2.59. The van der Waals surface area contributed by atoms with Crippen LogP contribution in [0.5, 0.6) is 0 Å². The predicted molar refractivity (Wildman–Crippen MR) is 66.5 cm³/mol. The Balaban J connectivity index is 2.51. The first-order valence-corrected chi connectivity index (χ1v) is 7.15. The topological polar surface area (TPSA) is 107 Å². The van der Waals surface area contributed by atoms with Crippen LogP contribution in [0.4, 0.5) is 0 Å². The number of aromatic nitrogens is 2. The minimum atomic E-state index is -3.70. The van der Waals surface area contributed by atoms with Gasteiger partial charge in [-0.2, -0.15) is 0 Å². The molecule has 0 saturated heterocycles. The highest BCUT2D eigenvalue weighted by atomic mass is 35.5. The Bertz CT molecular complexity index is 526. The van der Waals surface area contributed by atoms with Gasteiger partial charge in [0.15, 0.2) is 0 Å². The Morgan fingerprint density at radius 1 is 1.56 bits per heavy atom. The minimum Gasteiger partial charge on any atom is -0.370 e. The van der Waals surface area contributed by atoms with E-state index in [9.17, 15) is 13.2 Å². The highest BCUT2D eigenvalue weighted by molar-refractivity contribution is 7.89. The average molecular weight is 295 g/mol. The molecule has 7 nitrogen and oxygen atoms in total. The molecular weight excluding hydrogens is 280 g/mol. The SMILES string of the molecule is Cn1cnc(S(=O)(=O)NCCCCC(N)=O)c1Cl. The second kappa shape index (κ2) is 6.17. The van der Waals surface area contributed by atoms with Gasteiger partial charge in [0.05, 0.1) is 6.33 Å². The summed E-state index contributed by atoms with van der Waals surface area (Å²) < 4.78 is 27.4. The van der Waals surface area contributed by atoms with Crippen LogP contribution in [0.25, 0.3) is 0 Å². The third kappa shape index (κ3) is 3.97. The van der Waals surface area contributed by atoms with E-state index >= 15 is 0 Å². The summed E-state index contributed by atoms with van der Waals surface area (Å²) >= 11 is 5.80. The number of amides is 1. The number of imidazole rings is 1. The van der Waals surface area contributed by atoms with Gasteiger partial charge in [-0.3, -0.25) is 4.79 Å². The number of primary amides is 1. The molecule has 0 aromatic carbocycles. The van der Waals surface area contributed by atoms with Crippen LogP contribution in [0.1, 0.15) is 19.3 Å². The molecule has 3 N–H and O–H groups in total. The maximum Gasteiger partial charge on any atom is 0.261 e. The van der Waals surface area contributed by atoms with Crippen LogP contribution in [0.15, 0.2) is 11.4 Å². The molecule has 0 aliphatic carbocycles. The summed E-state index contributed by atoms with van der Waals surface area (Å²) in [5, 5.41) is -0.138. The van der Waals surface area contributed by atoms with Crippen molar-refractivity contribution >= 4 is 27.5 Å². The van der Waals surface area contributed by atoms with Crippen molar-refractivity contribution in [3.05, 3.63) is 11.5 Å². The lowest BCUT2D eigenvalue weighted by Gasteiger charge is -2.04. The van der Waals surface area contributed by atoms with E-state index in [2.05, 4.69) is 9.71 Å². The fourth-order valence-corrected chi connectivity index (χ4v) is 2.77. The van der Waals surface area contributed by atoms with Crippen molar-refractivity contribution in [3.8, 4) is 0 Å². The monoisotopic (exact) mass is 294 g/mol. The van der Waals surface area contributed by atoms with Crippen molar-refractivity contribution in [1.82, 2.24) is 14.3 Å². The smallest absolute Gasteiger partial charge is 0.261 e. The maximum absolute atomic E-state index is 11.8. The van der Waals surface area contributed by atoms with Gasteiger partial charge in [-0.1, -0.05) is 11.6 Å². The number of nitrogens with zero attached hydrogens (tertiary/aromatic N) is 2. The van der Waals surface area contributed by atoms with Crippen LogP contribution in [0, 0.1) is 0 Å². The summed E-state index contributed by atoms with van der Waals surface area (Å²) in [5.41, 5.74) is 4.97. The Labute approximate surface area is 110 Å². The van der Waals surface area contributed by atoms with Crippen molar-refractivity contribution in [2.45, 2.75) is 24.3 Å². The number of nitrogens with two attached hydrogens (primary N) is 1. The largest absolute Gasteiger partial charge is 0.370 e. The third-order valence-electron chi connectivity index (χ3n) is 2.23. The second-order valence-corrected chi connectivity index (χ2v) is 5.81. The lowest BCUT2D eigenvalue weighted by Crippen LogP contribution is -2.25.